The average Bonchev–Trinajstić information content (AvgIpc) is 2.53. The second kappa shape index (κ2) is 2.77. The van der Waals surface area contributed by atoms with E-state index >= 15 is 0 Å². The van der Waals surface area contributed by atoms with E-state index in [4.69, 9.17) is 0 Å². The summed E-state index contributed by atoms with van der Waals surface area (Å²) in [5.41, 5.74) is 1.10. The van der Waals surface area contributed by atoms with Crippen LogP contribution >= 0.6 is 0 Å². The van der Waals surface area contributed by atoms with E-state index in [2.05, 4.69) is 10.2 Å². The van der Waals surface area contributed by atoms with Crippen molar-refractivity contribution in [2.24, 2.45) is 0 Å². The number of nitrogens with zero attached hydrogens (tertiary/aromatic N) is 3. The second-order valence-corrected chi connectivity index (χ2v) is 2.58. The van der Waals surface area contributed by atoms with E-state index in [1.807, 2.05) is 41.8 Å². The first-order chi connectivity index (χ1) is 5.88. The van der Waals surface area contributed by atoms with Crippen LogP contribution in [0.5, 0.6) is 0 Å². The third-order valence-electron chi connectivity index (χ3n) is 1.75. The second-order valence-electron chi connectivity index (χ2n) is 2.58. The van der Waals surface area contributed by atoms with Crippen molar-refractivity contribution < 1.29 is 0 Å². The van der Waals surface area contributed by atoms with E-state index in [9.17, 15) is 0 Å². The molecule has 0 amide bonds. The maximum atomic E-state index is 3.91. The maximum Gasteiger partial charge on any atom is 0.134 e. The molecule has 0 aliphatic carbocycles. The largest absolute Gasteiger partial charge is 0.286 e. The molecule has 1 heterocycles. The molecule has 0 atom stereocenters. The molecule has 3 heteroatoms. The molecule has 0 bridgehead atoms. The molecule has 0 spiro atoms. The third-order valence-corrected chi connectivity index (χ3v) is 1.75. The van der Waals surface area contributed by atoms with Gasteiger partial charge in [0, 0.05) is 5.69 Å². The van der Waals surface area contributed by atoms with E-state index in [0.717, 1.165) is 11.5 Å². The van der Waals surface area contributed by atoms with E-state index in [1.165, 1.54) is 0 Å². The number of rotatable bonds is 1. The van der Waals surface area contributed by atoms with Gasteiger partial charge in [0.25, 0.3) is 0 Å². The van der Waals surface area contributed by atoms with Gasteiger partial charge in [0.1, 0.15) is 12.2 Å². The zero-order valence-corrected chi connectivity index (χ0v) is 6.81. The Morgan fingerprint density at radius 2 is 1.92 bits per heavy atom. The van der Waals surface area contributed by atoms with Gasteiger partial charge in [0.15, 0.2) is 0 Å². The average molecular weight is 159 g/mol. The Balaban J connectivity index is 2.51. The van der Waals surface area contributed by atoms with Crippen LogP contribution in [0.3, 0.4) is 0 Å². The monoisotopic (exact) mass is 159 g/mol. The van der Waals surface area contributed by atoms with Crippen molar-refractivity contribution in [3.8, 4) is 5.69 Å². The molecule has 2 rings (SSSR count). The predicted molar refractivity (Wildman–Crippen MR) is 46.1 cm³/mol. The summed E-state index contributed by atoms with van der Waals surface area (Å²) in [6, 6.07) is 10.0. The quantitative estimate of drug-likeness (QED) is 0.632. The van der Waals surface area contributed by atoms with Gasteiger partial charge in [-0.1, -0.05) is 18.2 Å². The predicted octanol–water partition coefficient (Wildman–Crippen LogP) is 1.58. The molecule has 0 saturated heterocycles. The Morgan fingerprint density at radius 1 is 1.17 bits per heavy atom. The molecule has 0 N–H and O–H groups in total. The highest BCUT2D eigenvalue weighted by Crippen LogP contribution is 2.06. The topological polar surface area (TPSA) is 30.7 Å². The number of hydrogen-bond acceptors (Lipinski definition) is 2. The van der Waals surface area contributed by atoms with Gasteiger partial charge in [-0.3, -0.25) is 4.57 Å². The first-order valence-electron chi connectivity index (χ1n) is 3.80. The van der Waals surface area contributed by atoms with Gasteiger partial charge in [-0.25, -0.2) is 0 Å². The smallest absolute Gasteiger partial charge is 0.134 e. The van der Waals surface area contributed by atoms with Crippen LogP contribution in [0.2, 0.25) is 0 Å². The van der Waals surface area contributed by atoms with Crippen LogP contribution in [-0.2, 0) is 0 Å². The zero-order valence-electron chi connectivity index (χ0n) is 6.81. The van der Waals surface area contributed by atoms with Gasteiger partial charge in [0.05, 0.1) is 0 Å². The minimum absolute atomic E-state index is 0.904. The van der Waals surface area contributed by atoms with Crippen LogP contribution in [-0.4, -0.2) is 14.8 Å². The number of aryl methyl sites for hydroxylation is 1. The lowest BCUT2D eigenvalue weighted by molar-refractivity contribution is 0.969. The molecule has 1 aromatic heterocycles. The van der Waals surface area contributed by atoms with Crippen molar-refractivity contribution >= 4 is 0 Å². The van der Waals surface area contributed by atoms with Crippen molar-refractivity contribution in [2.45, 2.75) is 6.92 Å². The van der Waals surface area contributed by atoms with Crippen molar-refractivity contribution in [3.63, 3.8) is 0 Å². The maximum absolute atomic E-state index is 3.91. The number of hydrogen-bond donors (Lipinski definition) is 0. The molecule has 3 nitrogen and oxygen atoms in total. The summed E-state index contributed by atoms with van der Waals surface area (Å²) in [5, 5.41) is 7.72. The van der Waals surface area contributed by atoms with Crippen molar-refractivity contribution in [3.05, 3.63) is 42.5 Å². The van der Waals surface area contributed by atoms with E-state index in [0.29, 0.717) is 0 Å². The summed E-state index contributed by atoms with van der Waals surface area (Å²) >= 11 is 0. The van der Waals surface area contributed by atoms with Crippen LogP contribution in [0.15, 0.2) is 36.7 Å². The van der Waals surface area contributed by atoms with Crippen LogP contribution in [0, 0.1) is 6.92 Å². The van der Waals surface area contributed by atoms with Gasteiger partial charge < -0.3 is 0 Å². The summed E-state index contributed by atoms with van der Waals surface area (Å²) in [6.07, 6.45) is 1.71. The van der Waals surface area contributed by atoms with Gasteiger partial charge in [-0.15, -0.1) is 10.2 Å². The highest BCUT2D eigenvalue weighted by molar-refractivity contribution is 5.31. The summed E-state index contributed by atoms with van der Waals surface area (Å²) < 4.78 is 1.94. The minimum Gasteiger partial charge on any atom is -0.286 e. The number of aromatic nitrogens is 3. The lowest BCUT2D eigenvalue weighted by Crippen LogP contribution is -1.93. The lowest BCUT2D eigenvalue weighted by atomic mass is 10.3. The standard InChI is InChI=1S/C9H9N3/c1-8-11-10-7-12(8)9-5-3-2-4-6-9/h2-7H,1H3. The Bertz CT molecular complexity index is 364. The van der Waals surface area contributed by atoms with Crippen molar-refractivity contribution in [1.29, 1.82) is 0 Å². The Hall–Kier alpha value is -1.64. The summed E-state index contributed by atoms with van der Waals surface area (Å²) in [7, 11) is 0. The van der Waals surface area contributed by atoms with Gasteiger partial charge in [-0.2, -0.15) is 0 Å². The first-order valence-corrected chi connectivity index (χ1v) is 3.80. The highest BCUT2D eigenvalue weighted by Gasteiger charge is 1.98. The molecule has 0 fully saturated rings. The number of benzene rings is 1. The molecule has 0 aliphatic heterocycles. The van der Waals surface area contributed by atoms with Crippen LogP contribution < -0.4 is 0 Å². The fraction of sp³-hybridized carbons (Fsp3) is 0.111. The third kappa shape index (κ3) is 1.09. The number of para-hydroxylation sites is 1. The lowest BCUT2D eigenvalue weighted by Gasteiger charge is -2.01. The van der Waals surface area contributed by atoms with Gasteiger partial charge >= 0.3 is 0 Å². The van der Waals surface area contributed by atoms with Crippen molar-refractivity contribution in [1.82, 2.24) is 14.8 Å². The Kier molecular flexibility index (Phi) is 1.63. The highest BCUT2D eigenvalue weighted by atomic mass is 15.3. The molecule has 0 unspecified atom stereocenters. The molecule has 60 valence electrons. The minimum atomic E-state index is 0.904. The van der Waals surface area contributed by atoms with E-state index in [1.54, 1.807) is 6.33 Å². The Labute approximate surface area is 70.7 Å². The molecule has 1 aromatic carbocycles. The first kappa shape index (κ1) is 7.03. The molecule has 12 heavy (non-hydrogen) atoms. The van der Waals surface area contributed by atoms with Gasteiger partial charge in [-0.05, 0) is 19.1 Å². The van der Waals surface area contributed by atoms with Crippen LogP contribution in [0.1, 0.15) is 5.82 Å². The summed E-state index contributed by atoms with van der Waals surface area (Å²) in [5.74, 6) is 0.904. The summed E-state index contributed by atoms with van der Waals surface area (Å²) in [6.45, 7) is 1.93. The zero-order chi connectivity index (χ0) is 8.39. The summed E-state index contributed by atoms with van der Waals surface area (Å²) in [4.78, 5) is 0. The molecular weight excluding hydrogens is 150 g/mol. The van der Waals surface area contributed by atoms with Crippen LogP contribution in [0.4, 0.5) is 0 Å². The Morgan fingerprint density at radius 3 is 2.50 bits per heavy atom. The molecule has 0 radical (unpaired) electrons. The van der Waals surface area contributed by atoms with E-state index in [-0.39, 0.29) is 0 Å². The molecule has 0 aliphatic rings. The van der Waals surface area contributed by atoms with Crippen LogP contribution in [0.25, 0.3) is 5.69 Å². The molecule has 0 saturated carbocycles. The normalized spacial score (nSPS) is 10.1. The molecular formula is C9H9N3. The molecule has 2 aromatic rings. The fourth-order valence-corrected chi connectivity index (χ4v) is 1.13. The van der Waals surface area contributed by atoms with Crippen molar-refractivity contribution in [2.75, 3.05) is 0 Å². The fourth-order valence-electron chi connectivity index (χ4n) is 1.13. The van der Waals surface area contributed by atoms with E-state index < -0.39 is 0 Å². The SMILES string of the molecule is Cc1nncn1-c1ccccc1. The van der Waals surface area contributed by atoms with Gasteiger partial charge in [0.2, 0.25) is 0 Å².